The van der Waals surface area contributed by atoms with Gasteiger partial charge in [-0.05, 0) is 38.8 Å². The van der Waals surface area contributed by atoms with Crippen LogP contribution in [0.3, 0.4) is 0 Å². The molecule has 1 aliphatic rings. The minimum atomic E-state index is -0.373. The van der Waals surface area contributed by atoms with Gasteiger partial charge in [0.25, 0.3) is 5.69 Å². The minimum absolute atomic E-state index is 0.0992. The van der Waals surface area contributed by atoms with Gasteiger partial charge in [0.1, 0.15) is 0 Å². The molecule has 5 nitrogen and oxygen atoms in total. The van der Waals surface area contributed by atoms with E-state index in [0.29, 0.717) is 0 Å². The molecule has 0 radical (unpaired) electrons. The molecule has 1 N–H and O–H groups in total. The Balaban J connectivity index is 2.16. The van der Waals surface area contributed by atoms with Crippen molar-refractivity contribution in [3.63, 3.8) is 0 Å². The third kappa shape index (κ3) is 2.23. The molecule has 2 aromatic rings. The number of nitrogens with zero attached hydrogens (tertiary/aromatic N) is 2. The van der Waals surface area contributed by atoms with Crippen molar-refractivity contribution in [1.29, 1.82) is 0 Å². The maximum absolute atomic E-state index is 10.9. The fraction of sp³-hybridized carbons (Fsp3) is 0.357. The van der Waals surface area contributed by atoms with Crippen LogP contribution < -0.4 is 5.32 Å². The summed E-state index contributed by atoms with van der Waals surface area (Å²) in [5.41, 5.74) is 2.87. The molecule has 1 heterocycles. The number of nitro benzene ring substituents is 1. The van der Waals surface area contributed by atoms with Crippen molar-refractivity contribution in [3.8, 4) is 0 Å². The predicted molar refractivity (Wildman–Crippen MR) is 74.4 cm³/mol. The van der Waals surface area contributed by atoms with Crippen LogP contribution in [0.25, 0.3) is 10.9 Å². The Hall–Kier alpha value is -2.17. The third-order valence-corrected chi connectivity index (χ3v) is 3.57. The van der Waals surface area contributed by atoms with E-state index >= 15 is 0 Å². The third-order valence-electron chi connectivity index (χ3n) is 3.57. The normalized spacial score (nSPS) is 16.3. The second-order valence-electron chi connectivity index (χ2n) is 5.46. The van der Waals surface area contributed by atoms with E-state index in [1.165, 1.54) is 6.07 Å². The Morgan fingerprint density at radius 1 is 1.37 bits per heavy atom. The molecular weight excluding hydrogens is 242 g/mol. The highest BCUT2D eigenvalue weighted by Gasteiger charge is 2.37. The van der Waals surface area contributed by atoms with Gasteiger partial charge in [0.2, 0.25) is 0 Å². The number of benzene rings is 1. The molecule has 0 saturated heterocycles. The Bertz CT molecular complexity index is 678. The number of anilines is 1. The van der Waals surface area contributed by atoms with E-state index < -0.39 is 0 Å². The summed E-state index contributed by atoms with van der Waals surface area (Å²) >= 11 is 0. The summed E-state index contributed by atoms with van der Waals surface area (Å²) < 4.78 is 0. The zero-order valence-corrected chi connectivity index (χ0v) is 10.9. The molecule has 98 valence electrons. The first-order valence-corrected chi connectivity index (χ1v) is 6.31. The highest BCUT2D eigenvalue weighted by molar-refractivity contribution is 5.93. The molecule has 0 aliphatic heterocycles. The lowest BCUT2D eigenvalue weighted by Gasteiger charge is -2.15. The molecule has 0 atom stereocenters. The van der Waals surface area contributed by atoms with Gasteiger partial charge >= 0.3 is 0 Å². The van der Waals surface area contributed by atoms with E-state index in [9.17, 15) is 10.1 Å². The quantitative estimate of drug-likeness (QED) is 0.675. The average molecular weight is 257 g/mol. The van der Waals surface area contributed by atoms with Crippen molar-refractivity contribution in [2.75, 3.05) is 5.32 Å². The fourth-order valence-corrected chi connectivity index (χ4v) is 2.20. The van der Waals surface area contributed by atoms with Crippen LogP contribution in [-0.4, -0.2) is 15.4 Å². The fourth-order valence-electron chi connectivity index (χ4n) is 2.20. The second kappa shape index (κ2) is 3.91. The molecule has 0 spiro atoms. The van der Waals surface area contributed by atoms with E-state index in [2.05, 4.69) is 17.2 Å². The largest absolute Gasteiger partial charge is 0.379 e. The number of nitro groups is 1. The lowest BCUT2D eigenvalue weighted by molar-refractivity contribution is -0.384. The van der Waals surface area contributed by atoms with Gasteiger partial charge in [0, 0.05) is 34.4 Å². The first-order valence-electron chi connectivity index (χ1n) is 6.31. The van der Waals surface area contributed by atoms with Gasteiger partial charge in [-0.15, -0.1) is 0 Å². The van der Waals surface area contributed by atoms with Crippen molar-refractivity contribution in [2.45, 2.75) is 32.2 Å². The number of hydrogen-bond acceptors (Lipinski definition) is 4. The van der Waals surface area contributed by atoms with E-state index in [1.54, 1.807) is 12.1 Å². The summed E-state index contributed by atoms with van der Waals surface area (Å²) in [6.45, 7) is 4.09. The van der Waals surface area contributed by atoms with Gasteiger partial charge in [-0.2, -0.15) is 0 Å². The van der Waals surface area contributed by atoms with Crippen molar-refractivity contribution in [1.82, 2.24) is 4.98 Å². The molecule has 1 aliphatic carbocycles. The van der Waals surface area contributed by atoms with Crippen molar-refractivity contribution in [2.24, 2.45) is 0 Å². The number of pyridine rings is 1. The maximum Gasteiger partial charge on any atom is 0.270 e. The number of aryl methyl sites for hydroxylation is 1. The number of aromatic nitrogens is 1. The molecule has 1 aromatic heterocycles. The standard InChI is InChI=1S/C14H15N3O2/c1-9-7-13(16-14(2)5-6-14)11-8-10(17(18)19)3-4-12(11)15-9/h3-4,7-8H,5-6H2,1-2H3,(H,15,16). The van der Waals surface area contributed by atoms with Crippen LogP contribution in [0, 0.1) is 17.0 Å². The second-order valence-corrected chi connectivity index (χ2v) is 5.46. The van der Waals surface area contributed by atoms with Gasteiger partial charge in [0.05, 0.1) is 10.4 Å². The summed E-state index contributed by atoms with van der Waals surface area (Å²) in [5.74, 6) is 0. The Kier molecular flexibility index (Phi) is 2.45. The number of rotatable bonds is 3. The van der Waals surface area contributed by atoms with Crippen LogP contribution in [0.5, 0.6) is 0 Å². The minimum Gasteiger partial charge on any atom is -0.379 e. The van der Waals surface area contributed by atoms with Crippen molar-refractivity contribution in [3.05, 3.63) is 40.1 Å². The number of hydrogen-bond donors (Lipinski definition) is 1. The topological polar surface area (TPSA) is 68.1 Å². The highest BCUT2D eigenvalue weighted by Crippen LogP contribution is 2.40. The maximum atomic E-state index is 10.9. The zero-order valence-electron chi connectivity index (χ0n) is 10.9. The van der Waals surface area contributed by atoms with E-state index in [0.717, 1.165) is 35.1 Å². The highest BCUT2D eigenvalue weighted by atomic mass is 16.6. The van der Waals surface area contributed by atoms with Gasteiger partial charge in [-0.3, -0.25) is 15.1 Å². The first kappa shape index (κ1) is 11.9. The summed E-state index contributed by atoms with van der Waals surface area (Å²) in [7, 11) is 0. The molecule has 0 bridgehead atoms. The SMILES string of the molecule is Cc1cc(NC2(C)CC2)c2cc([N+](=O)[O-])ccc2n1. The number of non-ortho nitro benzene ring substituents is 1. The Labute approximate surface area is 110 Å². The van der Waals surface area contributed by atoms with Gasteiger partial charge in [-0.25, -0.2) is 0 Å². The first-order chi connectivity index (χ1) is 8.97. The van der Waals surface area contributed by atoms with Gasteiger partial charge < -0.3 is 5.32 Å². The monoisotopic (exact) mass is 257 g/mol. The Morgan fingerprint density at radius 3 is 2.74 bits per heavy atom. The van der Waals surface area contributed by atoms with Crippen molar-refractivity contribution >= 4 is 22.3 Å². The van der Waals surface area contributed by atoms with E-state index in [4.69, 9.17) is 0 Å². The van der Waals surface area contributed by atoms with Crippen LogP contribution in [0.1, 0.15) is 25.5 Å². The average Bonchev–Trinajstić information content (AvgIpc) is 3.06. The molecule has 1 fully saturated rings. The molecule has 0 unspecified atom stereocenters. The molecule has 1 saturated carbocycles. The molecule has 1 aromatic carbocycles. The molecule has 0 amide bonds. The lowest BCUT2D eigenvalue weighted by atomic mass is 10.1. The molecule has 3 rings (SSSR count). The van der Waals surface area contributed by atoms with E-state index in [1.807, 2.05) is 13.0 Å². The smallest absolute Gasteiger partial charge is 0.270 e. The summed E-state index contributed by atoms with van der Waals surface area (Å²) in [4.78, 5) is 14.9. The van der Waals surface area contributed by atoms with Crippen LogP contribution >= 0.6 is 0 Å². The molecule has 5 heteroatoms. The molecule has 19 heavy (non-hydrogen) atoms. The summed E-state index contributed by atoms with van der Waals surface area (Å²) in [6, 6.07) is 6.75. The van der Waals surface area contributed by atoms with Gasteiger partial charge in [-0.1, -0.05) is 0 Å². The van der Waals surface area contributed by atoms with Gasteiger partial charge in [0.15, 0.2) is 0 Å². The van der Waals surface area contributed by atoms with Crippen LogP contribution in [0.4, 0.5) is 11.4 Å². The Morgan fingerprint density at radius 2 is 2.11 bits per heavy atom. The summed E-state index contributed by atoms with van der Waals surface area (Å²) in [6.07, 6.45) is 2.26. The zero-order chi connectivity index (χ0) is 13.6. The summed E-state index contributed by atoms with van der Waals surface area (Å²) in [5, 5.41) is 15.2. The van der Waals surface area contributed by atoms with Crippen LogP contribution in [-0.2, 0) is 0 Å². The number of nitrogens with one attached hydrogen (secondary N) is 1. The lowest BCUT2D eigenvalue weighted by Crippen LogP contribution is -2.16. The van der Waals surface area contributed by atoms with Crippen molar-refractivity contribution < 1.29 is 4.92 Å². The predicted octanol–water partition coefficient (Wildman–Crippen LogP) is 3.42. The van der Waals surface area contributed by atoms with E-state index in [-0.39, 0.29) is 16.1 Å². The van der Waals surface area contributed by atoms with Crippen LogP contribution in [0.2, 0.25) is 0 Å². The number of fused-ring (bicyclic) bond motifs is 1. The molecular formula is C14H15N3O2. The van der Waals surface area contributed by atoms with Crippen LogP contribution in [0.15, 0.2) is 24.3 Å².